The number of nitrogens with zero attached hydrogens (tertiary/aromatic N) is 2. The van der Waals surface area contributed by atoms with Crippen LogP contribution in [0.5, 0.6) is 0 Å². The SMILES string of the molecule is CCOC(=O)c1cccnc1NC(C)C(=O)N(CC)CC. The van der Waals surface area contributed by atoms with Crippen LogP contribution in [0.3, 0.4) is 0 Å². The first kappa shape index (κ1) is 16.9. The lowest BCUT2D eigenvalue weighted by molar-refractivity contribution is -0.131. The van der Waals surface area contributed by atoms with Crippen molar-refractivity contribution in [2.24, 2.45) is 0 Å². The maximum atomic E-state index is 12.2. The molecular weight excluding hydrogens is 270 g/mol. The minimum atomic E-state index is -0.465. The van der Waals surface area contributed by atoms with Crippen molar-refractivity contribution in [2.75, 3.05) is 25.0 Å². The Kier molecular flexibility index (Phi) is 6.65. The number of likely N-dealkylation sites (N-methyl/N-ethyl adjacent to an activating group) is 1. The number of carbonyl (C=O) groups is 2. The van der Waals surface area contributed by atoms with Crippen molar-refractivity contribution in [3.8, 4) is 0 Å². The summed E-state index contributed by atoms with van der Waals surface area (Å²) in [5.74, 6) is -0.111. The topological polar surface area (TPSA) is 71.5 Å². The fraction of sp³-hybridized carbons (Fsp3) is 0.533. The molecule has 0 saturated heterocycles. The van der Waals surface area contributed by atoms with E-state index in [0.29, 0.717) is 31.1 Å². The molecule has 0 fully saturated rings. The molecular formula is C15H23N3O3. The molecule has 6 nitrogen and oxygen atoms in total. The lowest BCUT2D eigenvalue weighted by Crippen LogP contribution is -2.41. The van der Waals surface area contributed by atoms with Gasteiger partial charge in [-0.3, -0.25) is 4.79 Å². The zero-order chi connectivity index (χ0) is 15.8. The number of anilines is 1. The minimum absolute atomic E-state index is 0.0274. The third-order valence-electron chi connectivity index (χ3n) is 3.10. The number of hydrogen-bond acceptors (Lipinski definition) is 5. The zero-order valence-corrected chi connectivity index (χ0v) is 13.0. The Morgan fingerprint density at radius 2 is 2.00 bits per heavy atom. The molecule has 0 spiro atoms. The number of carbonyl (C=O) groups excluding carboxylic acids is 2. The van der Waals surface area contributed by atoms with Crippen LogP contribution in [0.4, 0.5) is 5.82 Å². The largest absolute Gasteiger partial charge is 0.462 e. The number of rotatable bonds is 7. The summed E-state index contributed by atoms with van der Waals surface area (Å²) in [4.78, 5) is 30.0. The molecule has 1 aromatic heterocycles. The van der Waals surface area contributed by atoms with E-state index in [1.807, 2.05) is 13.8 Å². The molecule has 1 heterocycles. The average Bonchev–Trinajstić information content (AvgIpc) is 2.49. The van der Waals surface area contributed by atoms with E-state index in [4.69, 9.17) is 4.74 Å². The van der Waals surface area contributed by atoms with Gasteiger partial charge in [-0.2, -0.15) is 0 Å². The van der Waals surface area contributed by atoms with Gasteiger partial charge in [0, 0.05) is 19.3 Å². The number of nitrogens with one attached hydrogen (secondary N) is 1. The Hall–Kier alpha value is -2.11. The van der Waals surface area contributed by atoms with Crippen molar-refractivity contribution in [3.63, 3.8) is 0 Å². The van der Waals surface area contributed by atoms with Crippen molar-refractivity contribution in [1.29, 1.82) is 0 Å². The Morgan fingerprint density at radius 1 is 1.33 bits per heavy atom. The Balaban J connectivity index is 2.87. The number of aromatic nitrogens is 1. The molecule has 6 heteroatoms. The summed E-state index contributed by atoms with van der Waals surface area (Å²) in [6.45, 7) is 8.94. The standard InChI is InChI=1S/C15H23N3O3/c1-5-18(6-2)14(19)11(4)17-13-12(9-8-10-16-13)15(20)21-7-3/h8-11H,5-7H2,1-4H3,(H,16,17). The fourth-order valence-corrected chi connectivity index (χ4v) is 1.97. The molecule has 1 aromatic rings. The van der Waals surface area contributed by atoms with Crippen LogP contribution in [0.2, 0.25) is 0 Å². The minimum Gasteiger partial charge on any atom is -0.462 e. The second kappa shape index (κ2) is 8.24. The van der Waals surface area contributed by atoms with Gasteiger partial charge in [0.2, 0.25) is 5.91 Å². The van der Waals surface area contributed by atoms with E-state index in [1.165, 1.54) is 0 Å². The van der Waals surface area contributed by atoms with E-state index < -0.39 is 12.0 Å². The Bertz CT molecular complexity index is 487. The highest BCUT2D eigenvalue weighted by molar-refractivity contribution is 5.95. The van der Waals surface area contributed by atoms with Gasteiger partial charge >= 0.3 is 5.97 Å². The Morgan fingerprint density at radius 3 is 2.57 bits per heavy atom. The van der Waals surface area contributed by atoms with E-state index in [0.717, 1.165) is 0 Å². The normalized spacial score (nSPS) is 11.6. The maximum Gasteiger partial charge on any atom is 0.341 e. The van der Waals surface area contributed by atoms with Crippen molar-refractivity contribution in [1.82, 2.24) is 9.88 Å². The second-order valence-electron chi connectivity index (χ2n) is 4.50. The second-order valence-corrected chi connectivity index (χ2v) is 4.50. The Labute approximate surface area is 125 Å². The van der Waals surface area contributed by atoms with Gasteiger partial charge in [-0.1, -0.05) is 0 Å². The van der Waals surface area contributed by atoms with E-state index in [1.54, 1.807) is 37.1 Å². The van der Waals surface area contributed by atoms with Crippen molar-refractivity contribution < 1.29 is 14.3 Å². The molecule has 1 unspecified atom stereocenters. The predicted molar refractivity (Wildman–Crippen MR) is 81.2 cm³/mol. The summed E-state index contributed by atoms with van der Waals surface area (Å²) in [5.41, 5.74) is 0.332. The summed E-state index contributed by atoms with van der Waals surface area (Å²) in [6.07, 6.45) is 1.57. The van der Waals surface area contributed by atoms with Gasteiger partial charge in [0.1, 0.15) is 17.4 Å². The molecule has 0 aliphatic carbocycles. The molecule has 116 valence electrons. The van der Waals surface area contributed by atoms with E-state index in [9.17, 15) is 9.59 Å². The zero-order valence-electron chi connectivity index (χ0n) is 13.0. The monoisotopic (exact) mass is 293 g/mol. The van der Waals surface area contributed by atoms with Gasteiger partial charge in [-0.15, -0.1) is 0 Å². The van der Waals surface area contributed by atoms with Crippen LogP contribution in [0.25, 0.3) is 0 Å². The number of esters is 1. The molecule has 0 aliphatic rings. The molecule has 0 aromatic carbocycles. The fourth-order valence-electron chi connectivity index (χ4n) is 1.97. The van der Waals surface area contributed by atoms with Gasteiger partial charge in [0.25, 0.3) is 0 Å². The third-order valence-corrected chi connectivity index (χ3v) is 3.10. The van der Waals surface area contributed by atoms with Gasteiger partial charge in [-0.25, -0.2) is 9.78 Å². The van der Waals surface area contributed by atoms with Crippen molar-refractivity contribution >= 4 is 17.7 Å². The van der Waals surface area contributed by atoms with Crippen molar-refractivity contribution in [3.05, 3.63) is 23.9 Å². The van der Waals surface area contributed by atoms with Crippen molar-refractivity contribution in [2.45, 2.75) is 33.7 Å². The molecule has 1 N–H and O–H groups in total. The van der Waals surface area contributed by atoms with Crippen LogP contribution in [0.1, 0.15) is 38.1 Å². The van der Waals surface area contributed by atoms with Crippen LogP contribution in [-0.4, -0.2) is 47.5 Å². The van der Waals surface area contributed by atoms with Crippen LogP contribution < -0.4 is 5.32 Å². The van der Waals surface area contributed by atoms with Crippen LogP contribution in [0, 0.1) is 0 Å². The van der Waals surface area contributed by atoms with Crippen LogP contribution in [0.15, 0.2) is 18.3 Å². The first-order valence-electron chi connectivity index (χ1n) is 7.22. The molecule has 0 radical (unpaired) electrons. The molecule has 21 heavy (non-hydrogen) atoms. The number of amides is 1. The summed E-state index contributed by atoms with van der Waals surface area (Å²) in [5, 5.41) is 3.00. The van der Waals surface area contributed by atoms with Gasteiger partial charge < -0.3 is 15.0 Å². The van der Waals surface area contributed by atoms with Gasteiger partial charge in [0.15, 0.2) is 0 Å². The van der Waals surface area contributed by atoms with Gasteiger partial charge in [-0.05, 0) is 39.8 Å². The number of pyridine rings is 1. The summed E-state index contributed by atoms with van der Waals surface area (Å²) in [6, 6.07) is 2.82. The molecule has 1 atom stereocenters. The summed E-state index contributed by atoms with van der Waals surface area (Å²) in [7, 11) is 0. The molecule has 0 saturated carbocycles. The number of ether oxygens (including phenoxy) is 1. The molecule has 1 amide bonds. The summed E-state index contributed by atoms with van der Waals surface area (Å²) >= 11 is 0. The smallest absolute Gasteiger partial charge is 0.341 e. The van der Waals surface area contributed by atoms with Crippen LogP contribution in [-0.2, 0) is 9.53 Å². The van der Waals surface area contributed by atoms with Gasteiger partial charge in [0.05, 0.1) is 6.61 Å². The lowest BCUT2D eigenvalue weighted by Gasteiger charge is -2.24. The maximum absolute atomic E-state index is 12.2. The highest BCUT2D eigenvalue weighted by atomic mass is 16.5. The molecule has 0 aliphatic heterocycles. The van der Waals surface area contributed by atoms with E-state index >= 15 is 0 Å². The predicted octanol–water partition coefficient (Wildman–Crippen LogP) is 1.93. The van der Waals surface area contributed by atoms with E-state index in [2.05, 4.69) is 10.3 Å². The first-order chi connectivity index (χ1) is 10.0. The lowest BCUT2D eigenvalue weighted by atomic mass is 10.2. The highest BCUT2D eigenvalue weighted by Crippen LogP contribution is 2.14. The quantitative estimate of drug-likeness (QED) is 0.778. The number of hydrogen-bond donors (Lipinski definition) is 1. The average molecular weight is 293 g/mol. The third kappa shape index (κ3) is 4.44. The molecule has 0 bridgehead atoms. The van der Waals surface area contributed by atoms with Crippen LogP contribution >= 0.6 is 0 Å². The molecule has 1 rings (SSSR count). The highest BCUT2D eigenvalue weighted by Gasteiger charge is 2.21. The first-order valence-corrected chi connectivity index (χ1v) is 7.22. The van der Waals surface area contributed by atoms with E-state index in [-0.39, 0.29) is 5.91 Å². The summed E-state index contributed by atoms with van der Waals surface area (Å²) < 4.78 is 4.99.